The van der Waals surface area contributed by atoms with Gasteiger partial charge in [-0.2, -0.15) is 0 Å². The smallest absolute Gasteiger partial charge is 0.136 e. The van der Waals surface area contributed by atoms with E-state index in [-0.39, 0.29) is 0 Å². The Morgan fingerprint density at radius 3 is 2.65 bits per heavy atom. The number of benzene rings is 1. The van der Waals surface area contributed by atoms with Crippen LogP contribution >= 0.6 is 0 Å². The Balaban J connectivity index is 1.50. The number of hydrogen-bond donors (Lipinski definition) is 1. The molecule has 1 aromatic carbocycles. The summed E-state index contributed by atoms with van der Waals surface area (Å²) in [6, 6.07) is 8.04. The normalized spacial score (nSPS) is 23.6. The van der Waals surface area contributed by atoms with Gasteiger partial charge >= 0.3 is 0 Å². The van der Waals surface area contributed by atoms with Crippen molar-refractivity contribution in [2.45, 2.75) is 32.1 Å². The zero-order valence-corrected chi connectivity index (χ0v) is 12.2. The fourth-order valence-electron chi connectivity index (χ4n) is 3.51. The van der Waals surface area contributed by atoms with Crippen molar-refractivity contribution in [1.82, 2.24) is 5.32 Å². The fraction of sp³-hybridized carbons (Fsp3) is 0.588. The van der Waals surface area contributed by atoms with E-state index in [0.717, 1.165) is 31.7 Å². The predicted molar refractivity (Wildman–Crippen MR) is 79.0 cm³/mol. The molecule has 1 spiro atoms. The molecule has 3 nitrogen and oxygen atoms in total. The standard InChI is InChI=1S/C17H23NO2/c1-20-14-5-2-13(3-6-14)4-7-16(19)15-12-17(15)8-10-18-11-9-17/h2-3,5-6,15,18H,4,7-12H2,1H3. The number of carbonyl (C=O) groups excluding carboxylic acids is 1. The van der Waals surface area contributed by atoms with Crippen LogP contribution in [0.1, 0.15) is 31.2 Å². The van der Waals surface area contributed by atoms with Crippen LogP contribution in [0, 0.1) is 11.3 Å². The van der Waals surface area contributed by atoms with Gasteiger partial charge in [0.1, 0.15) is 11.5 Å². The minimum atomic E-state index is 0.350. The minimum absolute atomic E-state index is 0.350. The monoisotopic (exact) mass is 273 g/mol. The number of nitrogens with one attached hydrogen (secondary N) is 1. The van der Waals surface area contributed by atoms with E-state index in [0.29, 0.717) is 23.5 Å². The molecule has 0 amide bonds. The van der Waals surface area contributed by atoms with Crippen LogP contribution in [0.25, 0.3) is 0 Å². The summed E-state index contributed by atoms with van der Waals surface area (Å²) >= 11 is 0. The molecule has 108 valence electrons. The second-order valence-electron chi connectivity index (χ2n) is 6.18. The van der Waals surface area contributed by atoms with Crippen molar-refractivity contribution in [3.8, 4) is 5.75 Å². The lowest BCUT2D eigenvalue weighted by molar-refractivity contribution is -0.121. The molecule has 3 heteroatoms. The lowest BCUT2D eigenvalue weighted by Gasteiger charge is -2.23. The highest BCUT2D eigenvalue weighted by atomic mass is 16.5. The molecular weight excluding hydrogens is 250 g/mol. The van der Waals surface area contributed by atoms with Crippen molar-refractivity contribution >= 4 is 5.78 Å². The van der Waals surface area contributed by atoms with Gasteiger partial charge in [-0.3, -0.25) is 4.79 Å². The first kappa shape index (κ1) is 13.6. The zero-order chi connectivity index (χ0) is 14.0. The van der Waals surface area contributed by atoms with E-state index in [4.69, 9.17) is 4.74 Å². The molecule has 1 saturated carbocycles. The predicted octanol–water partition coefficient (Wildman–Crippen LogP) is 2.59. The number of piperidine rings is 1. The summed E-state index contributed by atoms with van der Waals surface area (Å²) in [6.07, 6.45) is 5.05. The van der Waals surface area contributed by atoms with Gasteiger partial charge in [-0.05, 0) is 61.9 Å². The Labute approximate surface area is 120 Å². The molecule has 20 heavy (non-hydrogen) atoms. The SMILES string of the molecule is COc1ccc(CCC(=O)C2CC23CCNCC3)cc1. The summed E-state index contributed by atoms with van der Waals surface area (Å²) in [5.74, 6) is 1.70. The van der Waals surface area contributed by atoms with Gasteiger partial charge in [-0.1, -0.05) is 12.1 Å². The van der Waals surface area contributed by atoms with Gasteiger partial charge in [0.05, 0.1) is 7.11 Å². The molecule has 1 aromatic rings. The average molecular weight is 273 g/mol. The Morgan fingerprint density at radius 2 is 2.00 bits per heavy atom. The average Bonchev–Trinajstić information content (AvgIpc) is 3.19. The van der Waals surface area contributed by atoms with Gasteiger partial charge < -0.3 is 10.1 Å². The van der Waals surface area contributed by atoms with Crippen molar-refractivity contribution in [2.75, 3.05) is 20.2 Å². The van der Waals surface area contributed by atoms with Gasteiger partial charge in [0.2, 0.25) is 0 Å². The first-order valence-corrected chi connectivity index (χ1v) is 7.60. The number of aryl methyl sites for hydroxylation is 1. The Morgan fingerprint density at radius 1 is 1.30 bits per heavy atom. The summed E-state index contributed by atoms with van der Waals surface area (Å²) in [4.78, 5) is 12.3. The Kier molecular flexibility index (Phi) is 3.79. The summed E-state index contributed by atoms with van der Waals surface area (Å²) in [5.41, 5.74) is 1.60. The van der Waals surface area contributed by atoms with Crippen molar-refractivity contribution in [3.05, 3.63) is 29.8 Å². The van der Waals surface area contributed by atoms with Crippen LogP contribution in [-0.4, -0.2) is 26.0 Å². The second-order valence-corrected chi connectivity index (χ2v) is 6.18. The zero-order valence-electron chi connectivity index (χ0n) is 12.2. The van der Waals surface area contributed by atoms with Crippen LogP contribution in [0.2, 0.25) is 0 Å². The van der Waals surface area contributed by atoms with Gasteiger partial charge in [-0.25, -0.2) is 0 Å². The minimum Gasteiger partial charge on any atom is -0.497 e. The molecular formula is C17H23NO2. The number of hydrogen-bond acceptors (Lipinski definition) is 3. The summed E-state index contributed by atoms with van der Waals surface area (Å²) < 4.78 is 5.15. The van der Waals surface area contributed by atoms with E-state index >= 15 is 0 Å². The maximum Gasteiger partial charge on any atom is 0.136 e. The van der Waals surface area contributed by atoms with Crippen LogP contribution in [-0.2, 0) is 11.2 Å². The summed E-state index contributed by atoms with van der Waals surface area (Å²) in [6.45, 7) is 2.17. The maximum atomic E-state index is 12.3. The number of ketones is 1. The quantitative estimate of drug-likeness (QED) is 0.896. The molecule has 1 atom stereocenters. The molecule has 0 aromatic heterocycles. The number of Topliss-reactive ketones (excluding diaryl/α,β-unsaturated/α-hetero) is 1. The van der Waals surface area contributed by atoms with Gasteiger partial charge in [-0.15, -0.1) is 0 Å². The lowest BCUT2D eigenvalue weighted by atomic mass is 9.89. The molecule has 3 rings (SSSR count). The van der Waals surface area contributed by atoms with E-state index in [2.05, 4.69) is 17.4 Å². The van der Waals surface area contributed by atoms with Crippen molar-refractivity contribution in [1.29, 1.82) is 0 Å². The molecule has 1 saturated heterocycles. The van der Waals surface area contributed by atoms with E-state index < -0.39 is 0 Å². The Bertz CT molecular complexity index is 474. The van der Waals surface area contributed by atoms with E-state index in [1.807, 2.05) is 12.1 Å². The maximum absolute atomic E-state index is 12.3. The molecule has 0 radical (unpaired) electrons. The summed E-state index contributed by atoms with van der Waals surface area (Å²) in [7, 11) is 1.67. The van der Waals surface area contributed by atoms with E-state index in [9.17, 15) is 4.79 Å². The molecule has 1 aliphatic carbocycles. The van der Waals surface area contributed by atoms with E-state index in [1.165, 1.54) is 18.4 Å². The van der Waals surface area contributed by atoms with Crippen LogP contribution in [0.3, 0.4) is 0 Å². The second kappa shape index (κ2) is 5.57. The van der Waals surface area contributed by atoms with Crippen LogP contribution in [0.5, 0.6) is 5.75 Å². The first-order valence-electron chi connectivity index (χ1n) is 7.60. The van der Waals surface area contributed by atoms with Crippen molar-refractivity contribution in [2.24, 2.45) is 11.3 Å². The van der Waals surface area contributed by atoms with Crippen molar-refractivity contribution in [3.63, 3.8) is 0 Å². The molecule has 1 heterocycles. The number of carbonyl (C=O) groups is 1. The van der Waals surface area contributed by atoms with E-state index in [1.54, 1.807) is 7.11 Å². The topological polar surface area (TPSA) is 38.3 Å². The lowest BCUT2D eigenvalue weighted by Crippen LogP contribution is -2.30. The Hall–Kier alpha value is -1.35. The molecule has 0 bridgehead atoms. The number of ether oxygens (including phenoxy) is 1. The highest BCUT2D eigenvalue weighted by molar-refractivity contribution is 5.85. The highest BCUT2D eigenvalue weighted by Gasteiger charge is 2.56. The largest absolute Gasteiger partial charge is 0.497 e. The van der Waals surface area contributed by atoms with Crippen LogP contribution in [0.15, 0.2) is 24.3 Å². The highest BCUT2D eigenvalue weighted by Crippen LogP contribution is 2.59. The third-order valence-electron chi connectivity index (χ3n) is 5.00. The molecule has 1 unspecified atom stereocenters. The van der Waals surface area contributed by atoms with Crippen LogP contribution < -0.4 is 10.1 Å². The number of rotatable bonds is 5. The van der Waals surface area contributed by atoms with Crippen LogP contribution in [0.4, 0.5) is 0 Å². The number of methoxy groups -OCH3 is 1. The third kappa shape index (κ3) is 2.73. The molecule has 1 N–H and O–H groups in total. The molecule has 2 aliphatic rings. The first-order chi connectivity index (χ1) is 9.73. The third-order valence-corrected chi connectivity index (χ3v) is 5.00. The summed E-state index contributed by atoms with van der Waals surface area (Å²) in [5, 5.41) is 3.39. The van der Waals surface area contributed by atoms with Gasteiger partial charge in [0, 0.05) is 12.3 Å². The van der Waals surface area contributed by atoms with Gasteiger partial charge in [0.15, 0.2) is 0 Å². The van der Waals surface area contributed by atoms with Crippen molar-refractivity contribution < 1.29 is 9.53 Å². The molecule has 2 fully saturated rings. The van der Waals surface area contributed by atoms with Gasteiger partial charge in [0.25, 0.3) is 0 Å². The molecule has 1 aliphatic heterocycles. The fourth-order valence-corrected chi connectivity index (χ4v) is 3.51.